The number of halogens is 1. The Morgan fingerprint density at radius 3 is 2.54 bits per heavy atom. The number of morpholine rings is 1. The first-order chi connectivity index (χ1) is 25.4. The first-order valence-electron chi connectivity index (χ1n) is 18.7. The van der Waals surface area contributed by atoms with E-state index in [0.29, 0.717) is 50.7 Å². The average Bonchev–Trinajstić information content (AvgIpc) is 3.63. The lowest BCUT2D eigenvalue weighted by Gasteiger charge is -2.26. The molecule has 4 heterocycles. The predicted octanol–water partition coefficient (Wildman–Crippen LogP) is 7.07. The van der Waals surface area contributed by atoms with Crippen LogP contribution in [-0.4, -0.2) is 89.5 Å². The molecule has 1 fully saturated rings. The first-order valence-corrected chi connectivity index (χ1v) is 18.7. The second-order valence-corrected chi connectivity index (χ2v) is 13.4. The summed E-state index contributed by atoms with van der Waals surface area (Å²) in [4.78, 5) is 15.4. The zero-order chi connectivity index (χ0) is 36.5. The number of para-hydroxylation sites is 1. The molecule has 0 saturated carbocycles. The molecule has 3 aromatic carbocycles. The van der Waals surface area contributed by atoms with Crippen molar-refractivity contribution in [2.75, 3.05) is 59.2 Å². The normalized spacial score (nSPS) is 15.2. The van der Waals surface area contributed by atoms with E-state index in [1.54, 1.807) is 6.07 Å². The fourth-order valence-corrected chi connectivity index (χ4v) is 7.42. The minimum absolute atomic E-state index is 0.284. The van der Waals surface area contributed by atoms with Crippen molar-refractivity contribution < 1.29 is 28.5 Å². The highest BCUT2D eigenvalue weighted by Gasteiger charge is 2.27. The standard InChI is InChI=1S/C37H41FN4O5.C4H11N/c1-25-34-31-9-5-8-29-30(10-6-20-47-33-11-4-7-26-23-27(38)12-13-28(26)33)36(37(43)44)41(35(29)31)14-2-3-19-46-24-32(34)39-42(25)16-15-40-17-21-45-22-18-40;1-3-5-4-2/h4-5,7-9,11-13,23H,2-3,6,10,14-22,24H2,1H3,(H,43,44);5H,3-4H2,1-2H3. The van der Waals surface area contributed by atoms with Crippen molar-refractivity contribution in [2.24, 2.45) is 0 Å². The third kappa shape index (κ3) is 8.50. The molecule has 0 bridgehead atoms. The number of fused-ring (bicyclic) bond motifs is 3. The summed E-state index contributed by atoms with van der Waals surface area (Å²) in [5.74, 6) is -0.521. The quantitative estimate of drug-likeness (QED) is 0.140. The van der Waals surface area contributed by atoms with Crippen LogP contribution >= 0.6 is 0 Å². The van der Waals surface area contributed by atoms with Crippen LogP contribution in [0.2, 0.25) is 0 Å². The Balaban J connectivity index is 0.000000870. The summed E-state index contributed by atoms with van der Waals surface area (Å²) >= 11 is 0. The molecule has 52 heavy (non-hydrogen) atoms. The molecule has 2 N–H and O–H groups in total. The molecule has 2 aromatic heterocycles. The molecule has 7 rings (SSSR count). The number of ether oxygens (including phenoxy) is 3. The van der Waals surface area contributed by atoms with Crippen molar-refractivity contribution >= 4 is 27.6 Å². The third-order valence-electron chi connectivity index (χ3n) is 9.96. The van der Waals surface area contributed by atoms with E-state index in [1.165, 1.54) is 12.1 Å². The summed E-state index contributed by atoms with van der Waals surface area (Å²) in [7, 11) is 0. The molecule has 10 nitrogen and oxygen atoms in total. The van der Waals surface area contributed by atoms with Crippen LogP contribution in [0.5, 0.6) is 5.75 Å². The number of hydrogen-bond donors (Lipinski definition) is 2. The molecule has 11 heteroatoms. The summed E-state index contributed by atoms with van der Waals surface area (Å²) in [5, 5.41) is 21.4. The van der Waals surface area contributed by atoms with E-state index < -0.39 is 5.97 Å². The smallest absolute Gasteiger partial charge is 0.352 e. The second-order valence-electron chi connectivity index (χ2n) is 13.4. The first kappa shape index (κ1) is 37.5. The van der Waals surface area contributed by atoms with Crippen LogP contribution in [0.4, 0.5) is 4.39 Å². The van der Waals surface area contributed by atoms with Crippen LogP contribution in [0.1, 0.15) is 60.5 Å². The topological polar surface area (TPSA) is 103 Å². The lowest BCUT2D eigenvalue weighted by Crippen LogP contribution is -2.38. The van der Waals surface area contributed by atoms with Gasteiger partial charge < -0.3 is 29.2 Å². The molecule has 0 amide bonds. The van der Waals surface area contributed by atoms with E-state index >= 15 is 0 Å². The summed E-state index contributed by atoms with van der Waals surface area (Å²) in [6, 6.07) is 16.4. The van der Waals surface area contributed by atoms with Gasteiger partial charge in [-0.2, -0.15) is 5.10 Å². The van der Waals surface area contributed by atoms with Crippen molar-refractivity contribution in [3.8, 4) is 16.9 Å². The second kappa shape index (κ2) is 18.0. The highest BCUT2D eigenvalue weighted by atomic mass is 19.1. The maximum atomic E-state index is 13.8. The van der Waals surface area contributed by atoms with Gasteiger partial charge >= 0.3 is 5.97 Å². The maximum Gasteiger partial charge on any atom is 0.352 e. The number of aromatic carboxylic acids is 1. The monoisotopic (exact) mass is 713 g/mol. The van der Waals surface area contributed by atoms with Crippen LogP contribution in [0.25, 0.3) is 32.8 Å². The number of carboxylic acid groups (broad SMARTS) is 1. The van der Waals surface area contributed by atoms with Gasteiger partial charge in [0.25, 0.3) is 0 Å². The fourth-order valence-electron chi connectivity index (χ4n) is 7.42. The molecule has 278 valence electrons. The molecule has 2 aliphatic heterocycles. The highest BCUT2D eigenvalue weighted by molar-refractivity contribution is 6.04. The Labute approximate surface area is 305 Å². The van der Waals surface area contributed by atoms with Crippen molar-refractivity contribution in [2.45, 2.75) is 66.2 Å². The summed E-state index contributed by atoms with van der Waals surface area (Å²) in [6.45, 7) is 15.5. The number of rotatable bonds is 11. The maximum absolute atomic E-state index is 13.8. The summed E-state index contributed by atoms with van der Waals surface area (Å²) in [5.41, 5.74) is 6.06. The van der Waals surface area contributed by atoms with Crippen LogP contribution in [-0.2, 0) is 35.6 Å². The molecule has 2 aliphatic rings. The van der Waals surface area contributed by atoms with Crippen LogP contribution in [0.3, 0.4) is 0 Å². The van der Waals surface area contributed by atoms with E-state index in [4.69, 9.17) is 19.3 Å². The minimum atomic E-state index is -0.927. The van der Waals surface area contributed by atoms with Gasteiger partial charge in [0.1, 0.15) is 17.3 Å². The predicted molar refractivity (Wildman–Crippen MR) is 203 cm³/mol. The molecule has 0 spiro atoms. The van der Waals surface area contributed by atoms with Gasteiger partial charge in [0.05, 0.1) is 44.2 Å². The van der Waals surface area contributed by atoms with Gasteiger partial charge in [-0.25, -0.2) is 9.18 Å². The number of nitrogens with one attached hydrogen (secondary N) is 1. The highest BCUT2D eigenvalue weighted by Crippen LogP contribution is 2.39. The molecule has 0 atom stereocenters. The number of aromatic nitrogens is 3. The number of aryl methyl sites for hydroxylation is 2. The van der Waals surface area contributed by atoms with Gasteiger partial charge in [-0.3, -0.25) is 9.58 Å². The summed E-state index contributed by atoms with van der Waals surface area (Å²) in [6.07, 6.45) is 2.80. The van der Waals surface area contributed by atoms with Gasteiger partial charge in [-0.1, -0.05) is 44.2 Å². The van der Waals surface area contributed by atoms with Crippen LogP contribution in [0, 0.1) is 12.7 Å². The van der Waals surface area contributed by atoms with Gasteiger partial charge in [0, 0.05) is 60.4 Å². The Hall–Kier alpha value is -4.29. The molecule has 1 saturated heterocycles. The Bertz CT molecular complexity index is 1960. The lowest BCUT2D eigenvalue weighted by atomic mass is 9.98. The minimum Gasteiger partial charge on any atom is -0.493 e. The third-order valence-corrected chi connectivity index (χ3v) is 9.96. The molecule has 0 unspecified atom stereocenters. The number of benzene rings is 3. The Morgan fingerprint density at radius 1 is 0.962 bits per heavy atom. The number of carboxylic acids is 1. The molecule has 5 aromatic rings. The van der Waals surface area contributed by atoms with Gasteiger partial charge in [0.15, 0.2) is 0 Å². The van der Waals surface area contributed by atoms with E-state index in [9.17, 15) is 14.3 Å². The van der Waals surface area contributed by atoms with E-state index in [-0.39, 0.29) is 5.82 Å². The van der Waals surface area contributed by atoms with Crippen LogP contribution < -0.4 is 10.1 Å². The van der Waals surface area contributed by atoms with Crippen LogP contribution in [0.15, 0.2) is 54.6 Å². The largest absolute Gasteiger partial charge is 0.493 e. The van der Waals surface area contributed by atoms with E-state index in [2.05, 4.69) is 41.7 Å². The van der Waals surface area contributed by atoms with E-state index in [0.717, 1.165) is 115 Å². The van der Waals surface area contributed by atoms with Gasteiger partial charge in [-0.05, 0) is 80.9 Å². The molecular formula is C41H52FN5O5. The lowest BCUT2D eigenvalue weighted by molar-refractivity contribution is 0.0358. The zero-order valence-electron chi connectivity index (χ0n) is 30.8. The Kier molecular flexibility index (Phi) is 12.9. The SMILES string of the molecule is CCNCC.Cc1c2c(nn1CCN1CCOCC1)COCCCCn1c(C(=O)O)c(CCCOc3cccc4cc(F)ccc34)c3cccc-2c31. The summed E-state index contributed by atoms with van der Waals surface area (Å²) < 4.78 is 35.7. The number of carbonyl (C=O) groups is 1. The van der Waals surface area contributed by atoms with Gasteiger partial charge in [-0.15, -0.1) is 0 Å². The van der Waals surface area contributed by atoms with Crippen molar-refractivity contribution in [3.05, 3.63) is 83.1 Å². The molecular weight excluding hydrogens is 661 g/mol. The van der Waals surface area contributed by atoms with Crippen molar-refractivity contribution in [1.82, 2.24) is 24.6 Å². The zero-order valence-corrected chi connectivity index (χ0v) is 30.8. The number of nitrogens with zero attached hydrogens (tertiary/aromatic N) is 4. The molecule has 0 aliphatic carbocycles. The number of hydrogen-bond acceptors (Lipinski definition) is 7. The van der Waals surface area contributed by atoms with Gasteiger partial charge in [0.2, 0.25) is 0 Å². The fraction of sp³-hybridized carbons (Fsp3) is 0.463. The average molecular weight is 714 g/mol. The molecule has 0 radical (unpaired) electrons. The Morgan fingerprint density at radius 2 is 1.77 bits per heavy atom. The van der Waals surface area contributed by atoms with Crippen molar-refractivity contribution in [1.29, 1.82) is 0 Å². The van der Waals surface area contributed by atoms with E-state index in [1.807, 2.05) is 34.9 Å². The van der Waals surface area contributed by atoms with Crippen molar-refractivity contribution in [3.63, 3.8) is 0 Å².